The fraction of sp³-hybridized carbons (Fsp3) is 0.200. The molecule has 1 amide bonds. The lowest BCUT2D eigenvalue weighted by Gasteiger charge is -2.12. The van der Waals surface area contributed by atoms with Crippen molar-refractivity contribution in [1.82, 2.24) is 10.3 Å². The maximum atomic E-state index is 11.9. The van der Waals surface area contributed by atoms with Gasteiger partial charge in [0.25, 0.3) is 5.91 Å². The van der Waals surface area contributed by atoms with Gasteiger partial charge in [-0.15, -0.1) is 0 Å². The van der Waals surface area contributed by atoms with Crippen LogP contribution in [0.25, 0.3) is 0 Å². The predicted molar refractivity (Wildman–Crippen MR) is 67.0 cm³/mol. The van der Waals surface area contributed by atoms with Gasteiger partial charge in [-0.2, -0.15) is 0 Å². The van der Waals surface area contributed by atoms with E-state index >= 15 is 0 Å². The van der Waals surface area contributed by atoms with E-state index in [0.29, 0.717) is 0 Å². The molecule has 1 atom stereocenters. The number of amides is 1. The number of carboxylic acids is 2. The minimum absolute atomic E-state index is 0.517. The van der Waals surface area contributed by atoms with Crippen LogP contribution in [0.1, 0.15) is 16.8 Å². The van der Waals surface area contributed by atoms with Gasteiger partial charge in [0, 0.05) is 6.20 Å². The highest BCUT2D eigenvalue weighted by atomic mass is 35.5. The van der Waals surface area contributed by atoms with Crippen LogP contribution in [0.2, 0.25) is 5.15 Å². The number of halogens is 1. The number of rotatable bonds is 6. The number of aliphatic carboxylic acids is 2. The molecule has 0 fully saturated rings. The van der Waals surface area contributed by atoms with Gasteiger partial charge in [-0.3, -0.25) is 19.7 Å². The van der Waals surface area contributed by atoms with Crippen molar-refractivity contribution < 1.29 is 29.5 Å². The van der Waals surface area contributed by atoms with E-state index in [1.54, 1.807) is 0 Å². The molecular weight excluding hydrogens is 310 g/mol. The molecule has 0 aromatic carbocycles. The number of nitro groups is 1. The summed E-state index contributed by atoms with van der Waals surface area (Å²) in [5.74, 6) is -4.18. The number of hydrogen-bond acceptors (Lipinski definition) is 6. The summed E-state index contributed by atoms with van der Waals surface area (Å²) >= 11 is 5.51. The third-order valence-corrected chi connectivity index (χ3v) is 2.57. The number of nitrogens with zero attached hydrogens (tertiary/aromatic N) is 2. The Morgan fingerprint density at radius 1 is 1.43 bits per heavy atom. The summed E-state index contributed by atoms with van der Waals surface area (Å²) in [5, 5.41) is 29.5. The molecule has 0 aliphatic heterocycles. The van der Waals surface area contributed by atoms with E-state index in [-0.39, 0.29) is 0 Å². The monoisotopic (exact) mass is 317 g/mol. The number of carbonyl (C=O) groups excluding carboxylic acids is 1. The second-order valence-electron chi connectivity index (χ2n) is 3.72. The molecule has 0 aliphatic carbocycles. The zero-order chi connectivity index (χ0) is 16.2. The van der Waals surface area contributed by atoms with Crippen molar-refractivity contribution in [3.05, 3.63) is 33.1 Å². The van der Waals surface area contributed by atoms with Gasteiger partial charge in [0.15, 0.2) is 0 Å². The third kappa shape index (κ3) is 4.11. The Balaban J connectivity index is 3.09. The summed E-state index contributed by atoms with van der Waals surface area (Å²) in [5.41, 5.74) is -1.31. The van der Waals surface area contributed by atoms with Crippen LogP contribution in [0.5, 0.6) is 0 Å². The molecule has 0 spiro atoms. The fourth-order valence-corrected chi connectivity index (χ4v) is 1.62. The number of hydrogen-bond donors (Lipinski definition) is 3. The molecule has 0 radical (unpaired) electrons. The fourth-order valence-electron chi connectivity index (χ4n) is 1.40. The molecule has 0 bridgehead atoms. The summed E-state index contributed by atoms with van der Waals surface area (Å²) < 4.78 is 0. The van der Waals surface area contributed by atoms with Crippen LogP contribution in [0.3, 0.4) is 0 Å². The van der Waals surface area contributed by atoms with Crippen molar-refractivity contribution in [2.45, 2.75) is 12.5 Å². The first kappa shape index (κ1) is 16.3. The van der Waals surface area contributed by atoms with Crippen LogP contribution in [-0.4, -0.2) is 44.0 Å². The summed E-state index contributed by atoms with van der Waals surface area (Å²) in [6.07, 6.45) is 0.144. The van der Waals surface area contributed by atoms with Crippen LogP contribution in [0, 0.1) is 10.1 Å². The van der Waals surface area contributed by atoms with Gasteiger partial charge in [-0.05, 0) is 6.07 Å². The number of pyridine rings is 1. The first-order valence-corrected chi connectivity index (χ1v) is 5.66. The quantitative estimate of drug-likeness (QED) is 0.383. The topological polar surface area (TPSA) is 160 Å². The number of nitrogens with one attached hydrogen (secondary N) is 1. The molecule has 112 valence electrons. The van der Waals surface area contributed by atoms with Crippen molar-refractivity contribution in [2.24, 2.45) is 0 Å². The maximum absolute atomic E-state index is 11.9. The summed E-state index contributed by atoms with van der Waals surface area (Å²) in [6, 6.07) is -0.763. The average molecular weight is 318 g/mol. The summed E-state index contributed by atoms with van der Waals surface area (Å²) in [4.78, 5) is 46.5. The molecule has 11 heteroatoms. The second kappa shape index (κ2) is 6.61. The number of carbonyl (C=O) groups is 3. The van der Waals surface area contributed by atoms with Crippen LogP contribution in [0.4, 0.5) is 5.69 Å². The first-order chi connectivity index (χ1) is 9.73. The number of carboxylic acid groups (broad SMARTS) is 2. The largest absolute Gasteiger partial charge is 0.481 e. The molecule has 21 heavy (non-hydrogen) atoms. The smallest absolute Gasteiger partial charge is 0.326 e. The lowest BCUT2D eigenvalue weighted by atomic mass is 10.1. The lowest BCUT2D eigenvalue weighted by Crippen LogP contribution is -2.42. The third-order valence-electron chi connectivity index (χ3n) is 2.29. The van der Waals surface area contributed by atoms with Gasteiger partial charge in [-0.1, -0.05) is 11.6 Å². The molecule has 3 N–H and O–H groups in total. The second-order valence-corrected chi connectivity index (χ2v) is 4.08. The van der Waals surface area contributed by atoms with Crippen molar-refractivity contribution in [3.8, 4) is 0 Å². The minimum atomic E-state index is -1.73. The van der Waals surface area contributed by atoms with E-state index in [2.05, 4.69) is 4.98 Å². The molecule has 1 aromatic rings. The Morgan fingerprint density at radius 3 is 2.52 bits per heavy atom. The zero-order valence-corrected chi connectivity index (χ0v) is 10.9. The maximum Gasteiger partial charge on any atom is 0.326 e. The zero-order valence-electron chi connectivity index (χ0n) is 10.1. The van der Waals surface area contributed by atoms with Gasteiger partial charge < -0.3 is 15.5 Å². The predicted octanol–water partition coefficient (Wildman–Crippen LogP) is 0.301. The summed E-state index contributed by atoms with van der Waals surface area (Å²) in [6.45, 7) is 0. The Kier molecular flexibility index (Phi) is 5.13. The van der Waals surface area contributed by atoms with Crippen molar-refractivity contribution in [2.75, 3.05) is 0 Å². The SMILES string of the molecule is O=C(O)C[C@@H](NC(=O)c1ccnc(Cl)c1[N+](=O)[O-])C(=O)O. The molecule has 10 nitrogen and oxygen atoms in total. The van der Waals surface area contributed by atoms with E-state index in [0.717, 1.165) is 12.3 Å². The van der Waals surface area contributed by atoms with E-state index < -0.39 is 51.6 Å². The normalized spacial score (nSPS) is 11.5. The van der Waals surface area contributed by atoms with Crippen LogP contribution >= 0.6 is 11.6 Å². The van der Waals surface area contributed by atoms with Gasteiger partial charge in [0.05, 0.1) is 11.3 Å². The standard InChI is InChI=1S/C10H8ClN3O7/c11-8-7(14(20)21)4(1-2-12-8)9(17)13-5(10(18)19)3-6(15)16/h1-2,5H,3H2,(H,13,17)(H,15,16)(H,18,19)/t5-/m1/s1. The molecule has 1 aromatic heterocycles. The van der Waals surface area contributed by atoms with E-state index in [1.807, 2.05) is 5.32 Å². The Morgan fingerprint density at radius 2 is 2.05 bits per heavy atom. The van der Waals surface area contributed by atoms with Crippen molar-refractivity contribution in [3.63, 3.8) is 0 Å². The molecule has 0 saturated carbocycles. The van der Waals surface area contributed by atoms with Crippen LogP contribution in [0.15, 0.2) is 12.3 Å². The van der Waals surface area contributed by atoms with Crippen LogP contribution in [-0.2, 0) is 9.59 Å². The van der Waals surface area contributed by atoms with E-state index in [9.17, 15) is 24.5 Å². The Labute approximate surface area is 121 Å². The highest BCUT2D eigenvalue weighted by Crippen LogP contribution is 2.25. The average Bonchev–Trinajstić information content (AvgIpc) is 2.36. The molecule has 1 heterocycles. The number of aromatic nitrogens is 1. The Bertz CT molecular complexity index is 619. The summed E-state index contributed by atoms with van der Waals surface area (Å²) in [7, 11) is 0. The van der Waals surface area contributed by atoms with Gasteiger partial charge in [0.2, 0.25) is 5.15 Å². The molecule has 0 aliphatic rings. The molecule has 1 rings (SSSR count). The van der Waals surface area contributed by atoms with Gasteiger partial charge in [-0.25, -0.2) is 9.78 Å². The highest BCUT2D eigenvalue weighted by Gasteiger charge is 2.29. The lowest BCUT2D eigenvalue weighted by molar-refractivity contribution is -0.385. The van der Waals surface area contributed by atoms with Crippen LogP contribution < -0.4 is 5.32 Å². The van der Waals surface area contributed by atoms with E-state index in [1.165, 1.54) is 0 Å². The Hall–Kier alpha value is -2.75. The van der Waals surface area contributed by atoms with Crippen molar-refractivity contribution >= 4 is 35.1 Å². The van der Waals surface area contributed by atoms with Gasteiger partial charge >= 0.3 is 17.6 Å². The highest BCUT2D eigenvalue weighted by molar-refractivity contribution is 6.32. The first-order valence-electron chi connectivity index (χ1n) is 5.28. The van der Waals surface area contributed by atoms with Gasteiger partial charge in [0.1, 0.15) is 11.6 Å². The van der Waals surface area contributed by atoms with E-state index in [4.69, 9.17) is 21.8 Å². The molecule has 0 saturated heterocycles. The molecular formula is C10H8ClN3O7. The van der Waals surface area contributed by atoms with Crippen molar-refractivity contribution in [1.29, 1.82) is 0 Å². The molecule has 0 unspecified atom stereocenters. The minimum Gasteiger partial charge on any atom is -0.481 e.